The molecular weight excluding hydrogens is 397 g/mol. The van der Waals surface area contributed by atoms with Crippen molar-refractivity contribution in [3.63, 3.8) is 0 Å². The van der Waals surface area contributed by atoms with Crippen molar-refractivity contribution in [3.8, 4) is 0 Å². The fourth-order valence-corrected chi connectivity index (χ4v) is 3.37. The molecule has 0 saturated heterocycles. The highest BCUT2D eigenvalue weighted by Gasteiger charge is 2.13. The van der Waals surface area contributed by atoms with E-state index in [4.69, 9.17) is 23.2 Å². The van der Waals surface area contributed by atoms with E-state index in [0.29, 0.717) is 59.1 Å². The van der Waals surface area contributed by atoms with Crippen molar-refractivity contribution in [2.45, 2.75) is 32.7 Å². The van der Waals surface area contributed by atoms with Crippen LogP contribution in [0.3, 0.4) is 0 Å². The number of nitrogens with zero attached hydrogens (tertiary/aromatic N) is 2. The summed E-state index contributed by atoms with van der Waals surface area (Å²) in [4.78, 5) is 33.7. The molecule has 0 aliphatic rings. The van der Waals surface area contributed by atoms with Gasteiger partial charge in [0, 0.05) is 25.9 Å². The minimum atomic E-state index is -0.151. The number of carbonyl (C=O) groups excluding carboxylic acids is 1. The van der Waals surface area contributed by atoms with Crippen molar-refractivity contribution in [1.29, 1.82) is 0 Å². The highest BCUT2D eigenvalue weighted by atomic mass is 35.5. The van der Waals surface area contributed by atoms with Crippen LogP contribution in [0.1, 0.15) is 31.2 Å². The van der Waals surface area contributed by atoms with Crippen molar-refractivity contribution >= 4 is 40.0 Å². The molecule has 28 heavy (non-hydrogen) atoms. The second kappa shape index (κ2) is 9.22. The van der Waals surface area contributed by atoms with Crippen LogP contribution >= 0.6 is 23.2 Å². The van der Waals surface area contributed by atoms with E-state index in [1.165, 1.54) is 0 Å². The number of aromatic nitrogens is 2. The first-order valence-electron chi connectivity index (χ1n) is 9.17. The first kappa shape index (κ1) is 20.4. The molecule has 1 heterocycles. The number of hydrogen-bond acceptors (Lipinski definition) is 3. The average molecular weight is 418 g/mol. The maximum absolute atomic E-state index is 12.6. The number of amides is 1. The molecule has 5 nitrogen and oxygen atoms in total. The third kappa shape index (κ3) is 4.91. The van der Waals surface area contributed by atoms with Crippen LogP contribution in [0.2, 0.25) is 10.0 Å². The van der Waals surface area contributed by atoms with Gasteiger partial charge in [-0.2, -0.15) is 0 Å². The molecule has 0 saturated carbocycles. The summed E-state index contributed by atoms with van der Waals surface area (Å²) < 4.78 is 0. The number of hydrogen-bond donors (Lipinski definition) is 1. The molecule has 1 amide bonds. The molecule has 0 bridgehead atoms. The second-order valence-corrected chi connectivity index (χ2v) is 7.35. The molecule has 0 radical (unpaired) electrons. The van der Waals surface area contributed by atoms with Crippen LogP contribution in [0.4, 0.5) is 0 Å². The summed E-state index contributed by atoms with van der Waals surface area (Å²) in [6, 6.07) is 12.6. The summed E-state index contributed by atoms with van der Waals surface area (Å²) in [7, 11) is 0. The highest BCUT2D eigenvalue weighted by Crippen LogP contribution is 2.23. The van der Waals surface area contributed by atoms with Gasteiger partial charge in [-0.3, -0.25) is 9.59 Å². The van der Waals surface area contributed by atoms with Gasteiger partial charge in [0.25, 0.3) is 5.56 Å². The fraction of sp³-hybridized carbons (Fsp3) is 0.286. The SMILES string of the molecule is CCN(Cc1ccc(Cl)c(Cl)c1)C(=O)CCCc1nc2ccccc2c(=O)[nH]1. The van der Waals surface area contributed by atoms with E-state index in [1.807, 2.05) is 31.2 Å². The molecule has 0 fully saturated rings. The van der Waals surface area contributed by atoms with E-state index in [1.54, 1.807) is 23.1 Å². The summed E-state index contributed by atoms with van der Waals surface area (Å²) in [5, 5.41) is 1.55. The lowest BCUT2D eigenvalue weighted by Crippen LogP contribution is -2.30. The van der Waals surface area contributed by atoms with Crippen LogP contribution in [-0.4, -0.2) is 27.3 Å². The van der Waals surface area contributed by atoms with E-state index in [9.17, 15) is 9.59 Å². The van der Waals surface area contributed by atoms with E-state index >= 15 is 0 Å². The van der Waals surface area contributed by atoms with Gasteiger partial charge in [-0.05, 0) is 43.2 Å². The van der Waals surface area contributed by atoms with E-state index in [-0.39, 0.29) is 11.5 Å². The van der Waals surface area contributed by atoms with Gasteiger partial charge in [-0.1, -0.05) is 41.4 Å². The maximum Gasteiger partial charge on any atom is 0.258 e. The Morgan fingerprint density at radius 1 is 1.14 bits per heavy atom. The topological polar surface area (TPSA) is 66.1 Å². The van der Waals surface area contributed by atoms with Crippen LogP contribution in [0.15, 0.2) is 47.3 Å². The van der Waals surface area contributed by atoms with Crippen molar-refractivity contribution in [2.75, 3.05) is 6.54 Å². The monoisotopic (exact) mass is 417 g/mol. The molecule has 3 rings (SSSR count). The van der Waals surface area contributed by atoms with Gasteiger partial charge in [0.2, 0.25) is 5.91 Å². The number of rotatable bonds is 7. The Bertz CT molecular complexity index is 1050. The molecule has 0 aliphatic heterocycles. The van der Waals surface area contributed by atoms with Crippen molar-refractivity contribution in [2.24, 2.45) is 0 Å². The first-order valence-corrected chi connectivity index (χ1v) is 9.93. The Balaban J connectivity index is 1.59. The van der Waals surface area contributed by atoms with Crippen molar-refractivity contribution < 1.29 is 4.79 Å². The number of halogens is 2. The van der Waals surface area contributed by atoms with Gasteiger partial charge in [0.05, 0.1) is 20.9 Å². The number of carbonyl (C=O) groups is 1. The predicted octanol–water partition coefficient (Wildman–Crippen LogP) is 4.60. The Kier molecular flexibility index (Phi) is 6.70. The molecule has 146 valence electrons. The Hall–Kier alpha value is -2.37. The first-order chi connectivity index (χ1) is 13.5. The van der Waals surface area contributed by atoms with Crippen LogP contribution in [-0.2, 0) is 17.8 Å². The molecule has 3 aromatic rings. The Morgan fingerprint density at radius 2 is 1.93 bits per heavy atom. The molecule has 0 spiro atoms. The number of benzene rings is 2. The molecular formula is C21H21Cl2N3O2. The molecule has 0 unspecified atom stereocenters. The third-order valence-corrected chi connectivity index (χ3v) is 5.30. The number of aryl methyl sites for hydroxylation is 1. The fourth-order valence-electron chi connectivity index (χ4n) is 3.05. The zero-order chi connectivity index (χ0) is 20.1. The number of para-hydroxylation sites is 1. The lowest BCUT2D eigenvalue weighted by molar-refractivity contribution is -0.131. The van der Waals surface area contributed by atoms with Gasteiger partial charge >= 0.3 is 0 Å². The van der Waals surface area contributed by atoms with Gasteiger partial charge in [0.1, 0.15) is 5.82 Å². The quantitative estimate of drug-likeness (QED) is 0.610. The number of fused-ring (bicyclic) bond motifs is 1. The van der Waals surface area contributed by atoms with Crippen molar-refractivity contribution in [1.82, 2.24) is 14.9 Å². The Morgan fingerprint density at radius 3 is 2.68 bits per heavy atom. The largest absolute Gasteiger partial charge is 0.339 e. The van der Waals surface area contributed by atoms with Crippen molar-refractivity contribution in [3.05, 3.63) is 74.3 Å². The number of nitrogens with one attached hydrogen (secondary N) is 1. The van der Waals surface area contributed by atoms with Gasteiger partial charge in [0.15, 0.2) is 0 Å². The molecule has 0 atom stereocenters. The van der Waals surface area contributed by atoms with Crippen LogP contribution in [0.5, 0.6) is 0 Å². The summed E-state index contributed by atoms with van der Waals surface area (Å²) in [6.07, 6.45) is 1.53. The second-order valence-electron chi connectivity index (χ2n) is 6.54. The predicted molar refractivity (Wildman–Crippen MR) is 113 cm³/mol. The lowest BCUT2D eigenvalue weighted by atomic mass is 10.1. The highest BCUT2D eigenvalue weighted by molar-refractivity contribution is 6.42. The zero-order valence-electron chi connectivity index (χ0n) is 15.5. The maximum atomic E-state index is 12.6. The third-order valence-electron chi connectivity index (χ3n) is 4.56. The standard InChI is InChI=1S/C21H21Cl2N3O2/c1-2-26(13-14-10-11-16(22)17(23)12-14)20(27)9-5-8-19-24-18-7-4-3-6-15(18)21(28)25-19/h3-4,6-7,10-12H,2,5,8-9,13H2,1H3,(H,24,25,28). The Labute approximate surface area is 173 Å². The van der Waals surface area contributed by atoms with Crippen LogP contribution in [0.25, 0.3) is 10.9 Å². The van der Waals surface area contributed by atoms with Gasteiger partial charge < -0.3 is 9.88 Å². The number of H-pyrrole nitrogens is 1. The average Bonchev–Trinajstić information content (AvgIpc) is 2.68. The molecule has 1 aromatic heterocycles. The van der Waals surface area contributed by atoms with Gasteiger partial charge in [-0.25, -0.2) is 4.98 Å². The molecule has 1 N–H and O–H groups in total. The minimum absolute atomic E-state index is 0.0525. The summed E-state index contributed by atoms with van der Waals surface area (Å²) in [5.74, 6) is 0.653. The van der Waals surface area contributed by atoms with E-state index in [2.05, 4.69) is 9.97 Å². The minimum Gasteiger partial charge on any atom is -0.339 e. The molecule has 0 aliphatic carbocycles. The van der Waals surface area contributed by atoms with E-state index < -0.39 is 0 Å². The molecule has 7 heteroatoms. The number of aromatic amines is 1. The summed E-state index contributed by atoms with van der Waals surface area (Å²) >= 11 is 12.0. The summed E-state index contributed by atoms with van der Waals surface area (Å²) in [6.45, 7) is 3.03. The normalized spacial score (nSPS) is 11.0. The zero-order valence-corrected chi connectivity index (χ0v) is 17.1. The van der Waals surface area contributed by atoms with Crippen LogP contribution in [0, 0.1) is 0 Å². The molecule has 2 aromatic carbocycles. The van der Waals surface area contributed by atoms with Gasteiger partial charge in [-0.15, -0.1) is 0 Å². The van der Waals surface area contributed by atoms with Crippen LogP contribution < -0.4 is 5.56 Å². The lowest BCUT2D eigenvalue weighted by Gasteiger charge is -2.21. The summed E-state index contributed by atoms with van der Waals surface area (Å²) in [5.41, 5.74) is 1.45. The van der Waals surface area contributed by atoms with E-state index in [0.717, 1.165) is 5.56 Å². The smallest absolute Gasteiger partial charge is 0.258 e.